The third kappa shape index (κ3) is 1.58. The van der Waals surface area contributed by atoms with Gasteiger partial charge in [0.05, 0.1) is 22.3 Å². The number of para-hydroxylation sites is 1. The lowest BCUT2D eigenvalue weighted by Gasteiger charge is -1.99. The molecule has 0 aliphatic carbocycles. The molecule has 0 aliphatic heterocycles. The number of furan rings is 1. The summed E-state index contributed by atoms with van der Waals surface area (Å²) < 4.78 is 5.10. The van der Waals surface area contributed by atoms with E-state index in [0.717, 1.165) is 0 Å². The summed E-state index contributed by atoms with van der Waals surface area (Å²) in [6.07, 6.45) is 1.94. The fourth-order valence-electron chi connectivity index (χ4n) is 1.46. The molecule has 0 N–H and O–H groups in total. The normalized spacial score (nSPS) is 10.0. The van der Waals surface area contributed by atoms with Crippen molar-refractivity contribution in [2.24, 2.45) is 0 Å². The molecule has 1 heterocycles. The zero-order valence-corrected chi connectivity index (χ0v) is 8.12. The fraction of sp³-hybridized carbons (Fsp3) is 0. The lowest BCUT2D eigenvalue weighted by atomic mass is 10.1. The van der Waals surface area contributed by atoms with Crippen LogP contribution in [-0.4, -0.2) is 11.2 Å². The Morgan fingerprint density at radius 3 is 2.69 bits per heavy atom. The first-order valence-corrected chi connectivity index (χ1v) is 4.50. The molecule has 0 radical (unpaired) electrons. The van der Waals surface area contributed by atoms with E-state index in [0.29, 0.717) is 17.4 Å². The van der Waals surface area contributed by atoms with E-state index in [1.54, 1.807) is 18.2 Å². The van der Waals surface area contributed by atoms with Gasteiger partial charge in [-0.15, -0.1) is 0 Å². The molecule has 16 heavy (non-hydrogen) atoms. The summed E-state index contributed by atoms with van der Waals surface area (Å²) in [4.78, 5) is 21.0. The Morgan fingerprint density at radius 1 is 1.25 bits per heavy atom. The monoisotopic (exact) mass is 217 g/mol. The van der Waals surface area contributed by atoms with Gasteiger partial charge < -0.3 is 4.42 Å². The van der Waals surface area contributed by atoms with E-state index >= 15 is 0 Å². The summed E-state index contributed by atoms with van der Waals surface area (Å²) in [5.41, 5.74) is 0.523. The first kappa shape index (κ1) is 10.1. The lowest BCUT2D eigenvalue weighted by Crippen LogP contribution is -1.92. The molecule has 2 aromatic rings. The van der Waals surface area contributed by atoms with Crippen LogP contribution >= 0.6 is 0 Å². The fourth-order valence-corrected chi connectivity index (χ4v) is 1.46. The predicted molar refractivity (Wildman–Crippen MR) is 56.2 cm³/mol. The molecule has 80 valence electrons. The van der Waals surface area contributed by atoms with Crippen molar-refractivity contribution < 1.29 is 14.1 Å². The van der Waals surface area contributed by atoms with Crippen LogP contribution in [0, 0.1) is 10.1 Å². The maximum Gasteiger partial charge on any atom is 0.280 e. The number of hydrogen-bond donors (Lipinski definition) is 0. The van der Waals surface area contributed by atoms with E-state index in [1.165, 1.54) is 18.4 Å². The number of nitrogens with zero attached hydrogens (tertiary/aromatic N) is 1. The van der Waals surface area contributed by atoms with Crippen molar-refractivity contribution in [3.8, 4) is 11.3 Å². The van der Waals surface area contributed by atoms with Crippen LogP contribution in [0.15, 0.2) is 41.0 Å². The molecule has 0 fully saturated rings. The zero-order valence-electron chi connectivity index (χ0n) is 8.12. The number of benzene rings is 1. The van der Waals surface area contributed by atoms with E-state index in [-0.39, 0.29) is 11.4 Å². The SMILES string of the molecule is O=Cc1ccoc1-c1ccccc1[N+](=O)[O-]. The van der Waals surface area contributed by atoms with E-state index in [4.69, 9.17) is 4.42 Å². The average molecular weight is 217 g/mol. The smallest absolute Gasteiger partial charge is 0.280 e. The standard InChI is InChI=1S/C11H7NO4/c13-7-8-5-6-16-11(8)9-3-1-2-4-10(9)12(14)15/h1-7H. The summed E-state index contributed by atoms with van der Waals surface area (Å²) in [6, 6.07) is 7.60. The van der Waals surface area contributed by atoms with Crippen LogP contribution in [0.4, 0.5) is 5.69 Å². The number of rotatable bonds is 3. The number of carbonyl (C=O) groups excluding carboxylic acids is 1. The van der Waals surface area contributed by atoms with Gasteiger partial charge in [-0.1, -0.05) is 12.1 Å². The summed E-state index contributed by atoms with van der Waals surface area (Å²) >= 11 is 0. The van der Waals surface area contributed by atoms with Gasteiger partial charge in [0.15, 0.2) is 12.0 Å². The highest BCUT2D eigenvalue weighted by atomic mass is 16.6. The molecular weight excluding hydrogens is 210 g/mol. The minimum atomic E-state index is -0.508. The van der Waals surface area contributed by atoms with E-state index in [1.807, 2.05) is 0 Å². The average Bonchev–Trinajstić information content (AvgIpc) is 2.76. The summed E-state index contributed by atoms with van der Waals surface area (Å²) in [6.45, 7) is 0. The molecule has 5 heteroatoms. The van der Waals surface area contributed by atoms with Gasteiger partial charge in [-0.05, 0) is 12.1 Å². The molecule has 0 unspecified atom stereocenters. The van der Waals surface area contributed by atoms with Crippen molar-refractivity contribution in [1.29, 1.82) is 0 Å². The number of nitro benzene ring substituents is 1. The topological polar surface area (TPSA) is 73.3 Å². The number of hydrogen-bond acceptors (Lipinski definition) is 4. The third-order valence-electron chi connectivity index (χ3n) is 2.17. The van der Waals surface area contributed by atoms with Gasteiger partial charge in [-0.2, -0.15) is 0 Å². The Bertz CT molecular complexity index is 544. The van der Waals surface area contributed by atoms with E-state index in [2.05, 4.69) is 0 Å². The number of nitro groups is 1. The van der Waals surface area contributed by atoms with Gasteiger partial charge >= 0.3 is 0 Å². The zero-order chi connectivity index (χ0) is 11.5. The van der Waals surface area contributed by atoms with Gasteiger partial charge in [-0.3, -0.25) is 14.9 Å². The molecule has 1 aromatic heterocycles. The Kier molecular flexibility index (Phi) is 2.51. The van der Waals surface area contributed by atoms with Crippen LogP contribution in [0.3, 0.4) is 0 Å². The van der Waals surface area contributed by atoms with Crippen LogP contribution in [0.2, 0.25) is 0 Å². The van der Waals surface area contributed by atoms with E-state index in [9.17, 15) is 14.9 Å². The first-order valence-electron chi connectivity index (χ1n) is 4.50. The second-order valence-corrected chi connectivity index (χ2v) is 3.10. The maximum atomic E-state index is 10.8. The Balaban J connectivity index is 2.64. The molecule has 0 saturated carbocycles. The van der Waals surface area contributed by atoms with Crippen molar-refractivity contribution >= 4 is 12.0 Å². The van der Waals surface area contributed by atoms with Crippen molar-refractivity contribution in [3.63, 3.8) is 0 Å². The van der Waals surface area contributed by atoms with Gasteiger partial charge in [0, 0.05) is 6.07 Å². The minimum absolute atomic E-state index is 0.0828. The summed E-state index contributed by atoms with van der Waals surface area (Å²) in [7, 11) is 0. The van der Waals surface area contributed by atoms with Crippen molar-refractivity contribution in [2.75, 3.05) is 0 Å². The lowest BCUT2D eigenvalue weighted by molar-refractivity contribution is -0.384. The van der Waals surface area contributed by atoms with Crippen molar-refractivity contribution in [2.45, 2.75) is 0 Å². The molecule has 1 aromatic carbocycles. The van der Waals surface area contributed by atoms with Crippen LogP contribution in [0.1, 0.15) is 10.4 Å². The van der Waals surface area contributed by atoms with Crippen LogP contribution in [0.25, 0.3) is 11.3 Å². The Labute approximate surface area is 90.5 Å². The van der Waals surface area contributed by atoms with Gasteiger partial charge in [0.25, 0.3) is 5.69 Å². The van der Waals surface area contributed by atoms with Crippen molar-refractivity contribution in [1.82, 2.24) is 0 Å². The van der Waals surface area contributed by atoms with Gasteiger partial charge in [0.1, 0.15) is 0 Å². The highest BCUT2D eigenvalue weighted by Crippen LogP contribution is 2.31. The van der Waals surface area contributed by atoms with Crippen molar-refractivity contribution in [3.05, 3.63) is 52.3 Å². The molecule has 0 spiro atoms. The molecule has 0 amide bonds. The summed E-state index contributed by atoms with van der Waals surface area (Å²) in [5, 5.41) is 10.8. The van der Waals surface area contributed by atoms with E-state index < -0.39 is 4.92 Å². The van der Waals surface area contributed by atoms with Crippen LogP contribution in [-0.2, 0) is 0 Å². The Morgan fingerprint density at radius 2 is 2.00 bits per heavy atom. The molecule has 2 rings (SSSR count). The molecular formula is C11H7NO4. The largest absolute Gasteiger partial charge is 0.463 e. The highest BCUT2D eigenvalue weighted by Gasteiger charge is 2.19. The third-order valence-corrected chi connectivity index (χ3v) is 2.17. The maximum absolute atomic E-state index is 10.8. The minimum Gasteiger partial charge on any atom is -0.463 e. The summed E-state index contributed by atoms with van der Waals surface area (Å²) in [5.74, 6) is 0.224. The van der Waals surface area contributed by atoms with Gasteiger partial charge in [0.2, 0.25) is 0 Å². The van der Waals surface area contributed by atoms with Crippen LogP contribution < -0.4 is 0 Å². The predicted octanol–water partition coefficient (Wildman–Crippen LogP) is 2.67. The molecule has 0 bridgehead atoms. The Hall–Kier alpha value is -2.43. The number of carbonyl (C=O) groups is 1. The van der Waals surface area contributed by atoms with Crippen LogP contribution in [0.5, 0.6) is 0 Å². The second-order valence-electron chi connectivity index (χ2n) is 3.10. The quantitative estimate of drug-likeness (QED) is 0.450. The molecule has 5 nitrogen and oxygen atoms in total. The van der Waals surface area contributed by atoms with Gasteiger partial charge in [-0.25, -0.2) is 0 Å². The second kappa shape index (κ2) is 3.98. The molecule has 0 aliphatic rings. The number of aldehydes is 1. The first-order chi connectivity index (χ1) is 7.74. The highest BCUT2D eigenvalue weighted by molar-refractivity contribution is 5.87. The molecule has 0 saturated heterocycles. The molecule has 0 atom stereocenters.